The van der Waals surface area contributed by atoms with Crippen molar-refractivity contribution in [2.24, 2.45) is 0 Å². The van der Waals surface area contributed by atoms with E-state index in [1.54, 1.807) is 28.8 Å². The van der Waals surface area contributed by atoms with Crippen LogP contribution >= 0.6 is 23.4 Å². The number of amides is 1. The van der Waals surface area contributed by atoms with Gasteiger partial charge >= 0.3 is 0 Å². The fourth-order valence-electron chi connectivity index (χ4n) is 1.83. The number of benzene rings is 1. The normalized spacial score (nSPS) is 10.8. The minimum atomic E-state index is -0.102. The molecule has 0 atom stereocenters. The number of rotatable bonds is 4. The fraction of sp³-hybridized carbons (Fsp3) is 0.143. The Morgan fingerprint density at radius 1 is 1.23 bits per heavy atom. The number of fused-ring (bicyclic) bond motifs is 1. The zero-order chi connectivity index (χ0) is 15.5. The average molecular weight is 334 g/mol. The van der Waals surface area contributed by atoms with Gasteiger partial charge in [-0.1, -0.05) is 23.4 Å². The predicted molar refractivity (Wildman–Crippen MR) is 86.3 cm³/mol. The van der Waals surface area contributed by atoms with Crippen molar-refractivity contribution < 1.29 is 4.79 Å². The molecule has 0 aliphatic heterocycles. The Bertz CT molecular complexity index is 818. The van der Waals surface area contributed by atoms with Crippen molar-refractivity contribution in [2.75, 3.05) is 11.1 Å². The van der Waals surface area contributed by atoms with Gasteiger partial charge in [-0.15, -0.1) is 10.2 Å². The second-order valence-electron chi connectivity index (χ2n) is 4.53. The first-order chi connectivity index (χ1) is 10.6. The van der Waals surface area contributed by atoms with Crippen molar-refractivity contribution in [3.05, 3.63) is 47.2 Å². The number of anilines is 1. The number of halogens is 1. The van der Waals surface area contributed by atoms with Crippen LogP contribution in [-0.4, -0.2) is 31.5 Å². The summed E-state index contributed by atoms with van der Waals surface area (Å²) in [5.74, 6) is 0.875. The number of carbonyl (C=O) groups excluding carboxylic acids is 1. The monoisotopic (exact) mass is 333 g/mol. The lowest BCUT2D eigenvalue weighted by molar-refractivity contribution is -0.113. The second kappa shape index (κ2) is 6.33. The third-order valence-electron chi connectivity index (χ3n) is 2.87. The molecule has 0 saturated heterocycles. The lowest BCUT2D eigenvalue weighted by atomic mass is 10.3. The molecule has 2 heterocycles. The molecule has 2 aromatic heterocycles. The van der Waals surface area contributed by atoms with Crippen molar-refractivity contribution in [2.45, 2.75) is 11.9 Å². The van der Waals surface area contributed by atoms with Crippen molar-refractivity contribution >= 4 is 40.6 Å². The van der Waals surface area contributed by atoms with Gasteiger partial charge in [-0.2, -0.15) is 9.61 Å². The van der Waals surface area contributed by atoms with E-state index in [-0.39, 0.29) is 11.7 Å². The van der Waals surface area contributed by atoms with E-state index in [2.05, 4.69) is 20.6 Å². The van der Waals surface area contributed by atoms with Crippen LogP contribution in [0.25, 0.3) is 5.65 Å². The zero-order valence-corrected chi connectivity index (χ0v) is 13.2. The van der Waals surface area contributed by atoms with Crippen molar-refractivity contribution in [1.82, 2.24) is 19.8 Å². The van der Waals surface area contributed by atoms with E-state index < -0.39 is 0 Å². The van der Waals surface area contributed by atoms with Crippen LogP contribution in [0, 0.1) is 6.92 Å². The third kappa shape index (κ3) is 3.37. The minimum absolute atomic E-state index is 0.102. The van der Waals surface area contributed by atoms with E-state index in [0.29, 0.717) is 22.2 Å². The van der Waals surface area contributed by atoms with Crippen LogP contribution in [0.2, 0.25) is 5.02 Å². The summed E-state index contributed by atoms with van der Waals surface area (Å²) >= 11 is 7.16. The van der Waals surface area contributed by atoms with Gasteiger partial charge in [-0.25, -0.2) is 0 Å². The van der Waals surface area contributed by atoms with Gasteiger partial charge in [0.1, 0.15) is 5.03 Å². The zero-order valence-electron chi connectivity index (χ0n) is 11.7. The maximum atomic E-state index is 11.9. The molecular formula is C14H12ClN5OS. The Kier molecular flexibility index (Phi) is 4.26. The largest absolute Gasteiger partial charge is 0.325 e. The highest BCUT2D eigenvalue weighted by Gasteiger charge is 2.07. The molecule has 0 bridgehead atoms. The number of nitrogens with zero attached hydrogens (tertiary/aromatic N) is 4. The van der Waals surface area contributed by atoms with Gasteiger partial charge in [0, 0.05) is 10.7 Å². The number of aromatic nitrogens is 4. The minimum Gasteiger partial charge on any atom is -0.325 e. The van der Waals surface area contributed by atoms with E-state index in [1.165, 1.54) is 11.8 Å². The van der Waals surface area contributed by atoms with E-state index in [1.807, 2.05) is 19.1 Å². The van der Waals surface area contributed by atoms with Crippen LogP contribution in [0.15, 0.2) is 41.4 Å². The highest BCUT2D eigenvalue weighted by molar-refractivity contribution is 7.99. The predicted octanol–water partition coefficient (Wildman–Crippen LogP) is 2.82. The molecule has 0 radical (unpaired) electrons. The highest BCUT2D eigenvalue weighted by Crippen LogP contribution is 2.17. The molecule has 22 heavy (non-hydrogen) atoms. The highest BCUT2D eigenvalue weighted by atomic mass is 35.5. The van der Waals surface area contributed by atoms with E-state index in [9.17, 15) is 4.79 Å². The molecule has 0 saturated carbocycles. The maximum Gasteiger partial charge on any atom is 0.234 e. The van der Waals surface area contributed by atoms with Crippen LogP contribution in [0.3, 0.4) is 0 Å². The second-order valence-corrected chi connectivity index (χ2v) is 5.96. The number of thioether (sulfide) groups is 1. The molecule has 1 N–H and O–H groups in total. The summed E-state index contributed by atoms with van der Waals surface area (Å²) in [6.45, 7) is 1.83. The smallest absolute Gasteiger partial charge is 0.234 e. The van der Waals surface area contributed by atoms with Crippen molar-refractivity contribution in [1.29, 1.82) is 0 Å². The van der Waals surface area contributed by atoms with Gasteiger partial charge in [0.05, 0.1) is 5.75 Å². The molecular weight excluding hydrogens is 322 g/mol. The van der Waals surface area contributed by atoms with Crippen LogP contribution in [0.1, 0.15) is 5.82 Å². The van der Waals surface area contributed by atoms with Gasteiger partial charge in [-0.05, 0) is 43.3 Å². The Morgan fingerprint density at radius 2 is 2.00 bits per heavy atom. The van der Waals surface area contributed by atoms with Gasteiger partial charge in [0.2, 0.25) is 5.91 Å². The standard InChI is InChI=1S/C14H12ClN5OS/c1-9-17-18-12-6-7-14(19-20(9)12)22-8-13(21)16-11-4-2-10(15)3-5-11/h2-7H,8H2,1H3,(H,16,21). The first-order valence-corrected chi connectivity index (χ1v) is 7.85. The molecule has 0 aliphatic carbocycles. The first-order valence-electron chi connectivity index (χ1n) is 6.49. The molecule has 1 aromatic carbocycles. The number of carbonyl (C=O) groups is 1. The summed E-state index contributed by atoms with van der Waals surface area (Å²) in [4.78, 5) is 11.9. The lowest BCUT2D eigenvalue weighted by Gasteiger charge is -2.05. The summed E-state index contributed by atoms with van der Waals surface area (Å²) in [6, 6.07) is 10.6. The molecule has 1 amide bonds. The van der Waals surface area contributed by atoms with Gasteiger partial charge in [-0.3, -0.25) is 4.79 Å². The summed E-state index contributed by atoms with van der Waals surface area (Å²) in [6.07, 6.45) is 0. The Morgan fingerprint density at radius 3 is 2.77 bits per heavy atom. The number of aryl methyl sites for hydroxylation is 1. The summed E-state index contributed by atoms with van der Waals surface area (Å²) in [5, 5.41) is 16.5. The van der Waals surface area contributed by atoms with Gasteiger partial charge in [0.15, 0.2) is 11.5 Å². The number of nitrogens with one attached hydrogen (secondary N) is 1. The molecule has 112 valence electrons. The third-order valence-corrected chi connectivity index (χ3v) is 4.05. The van der Waals surface area contributed by atoms with Crippen molar-refractivity contribution in [3.63, 3.8) is 0 Å². The van der Waals surface area contributed by atoms with Crippen LogP contribution in [0.5, 0.6) is 0 Å². The molecule has 0 fully saturated rings. The molecule has 0 unspecified atom stereocenters. The molecule has 0 aliphatic rings. The van der Waals surface area contributed by atoms with Gasteiger partial charge < -0.3 is 5.32 Å². The Hall–Kier alpha value is -2.12. The average Bonchev–Trinajstić information content (AvgIpc) is 2.89. The molecule has 0 spiro atoms. The molecule has 6 nitrogen and oxygen atoms in total. The Labute approximate surface area is 135 Å². The molecule has 3 aromatic rings. The molecule has 3 rings (SSSR count). The first kappa shape index (κ1) is 14.8. The van der Waals surface area contributed by atoms with Crippen LogP contribution in [-0.2, 0) is 4.79 Å². The quantitative estimate of drug-likeness (QED) is 0.743. The molecule has 8 heteroatoms. The SMILES string of the molecule is Cc1nnc2ccc(SCC(=O)Nc3ccc(Cl)cc3)nn12. The van der Waals surface area contributed by atoms with E-state index in [0.717, 1.165) is 5.03 Å². The number of hydrogen-bond acceptors (Lipinski definition) is 5. The number of hydrogen-bond donors (Lipinski definition) is 1. The van der Waals surface area contributed by atoms with Gasteiger partial charge in [0.25, 0.3) is 0 Å². The van der Waals surface area contributed by atoms with Crippen LogP contribution < -0.4 is 5.32 Å². The van der Waals surface area contributed by atoms with Crippen LogP contribution in [0.4, 0.5) is 5.69 Å². The fourth-order valence-corrected chi connectivity index (χ4v) is 2.61. The van der Waals surface area contributed by atoms with E-state index in [4.69, 9.17) is 11.6 Å². The summed E-state index contributed by atoms with van der Waals surface area (Å²) in [7, 11) is 0. The topological polar surface area (TPSA) is 72.2 Å². The summed E-state index contributed by atoms with van der Waals surface area (Å²) < 4.78 is 1.65. The van der Waals surface area contributed by atoms with E-state index >= 15 is 0 Å². The lowest BCUT2D eigenvalue weighted by Crippen LogP contribution is -2.14. The summed E-state index contributed by atoms with van der Waals surface area (Å²) in [5.41, 5.74) is 1.40. The maximum absolute atomic E-state index is 11.9. The van der Waals surface area contributed by atoms with Crippen molar-refractivity contribution in [3.8, 4) is 0 Å². The Balaban J connectivity index is 1.62.